The molecule has 0 saturated heterocycles. The van der Waals surface area contributed by atoms with Gasteiger partial charge in [0.15, 0.2) is 5.82 Å². The van der Waals surface area contributed by atoms with Gasteiger partial charge in [-0.25, -0.2) is 4.39 Å². The van der Waals surface area contributed by atoms with Crippen LogP contribution in [-0.2, 0) is 0 Å². The van der Waals surface area contributed by atoms with E-state index in [1.807, 2.05) is 13.0 Å². The number of benzene rings is 2. The molecule has 0 bridgehead atoms. The number of hydrogen-bond donors (Lipinski definition) is 1. The maximum absolute atomic E-state index is 13.2. The van der Waals surface area contributed by atoms with Crippen molar-refractivity contribution >= 4 is 17.3 Å². The Bertz CT molecular complexity index is 815. The number of nitrogen functional groups attached to an aromatic ring is 1. The zero-order valence-corrected chi connectivity index (χ0v) is 11.8. The molecule has 3 rings (SSSR count). The molecule has 0 amide bonds. The Morgan fingerprint density at radius 1 is 1.19 bits per heavy atom. The normalized spacial score (nSPS) is 10.8. The highest BCUT2D eigenvalue weighted by Gasteiger charge is 2.15. The minimum Gasteiger partial charge on any atom is -0.399 e. The van der Waals surface area contributed by atoms with Gasteiger partial charge in [0.1, 0.15) is 5.82 Å². The predicted octanol–water partition coefficient (Wildman–Crippen LogP) is 3.01. The molecule has 106 valence electrons. The van der Waals surface area contributed by atoms with E-state index in [2.05, 4.69) is 15.5 Å². The minimum absolute atomic E-state index is 0.227. The van der Waals surface area contributed by atoms with Crippen molar-refractivity contribution in [2.45, 2.75) is 6.92 Å². The molecular weight excluding hydrogens is 293 g/mol. The van der Waals surface area contributed by atoms with Gasteiger partial charge >= 0.3 is 0 Å². The number of halogens is 2. The van der Waals surface area contributed by atoms with Gasteiger partial charge in [-0.05, 0) is 53.2 Å². The zero-order valence-electron chi connectivity index (χ0n) is 11.1. The summed E-state index contributed by atoms with van der Waals surface area (Å²) in [7, 11) is 0. The van der Waals surface area contributed by atoms with E-state index in [0.717, 1.165) is 11.1 Å². The Morgan fingerprint density at radius 3 is 2.76 bits per heavy atom. The summed E-state index contributed by atoms with van der Waals surface area (Å²) in [6.45, 7) is 1.93. The van der Waals surface area contributed by atoms with Gasteiger partial charge in [0.05, 0.1) is 10.7 Å². The lowest BCUT2D eigenvalue weighted by molar-refractivity contribution is 0.627. The Hall–Kier alpha value is -2.47. The molecule has 7 heteroatoms. The van der Waals surface area contributed by atoms with E-state index in [1.165, 1.54) is 22.9 Å². The van der Waals surface area contributed by atoms with Crippen LogP contribution in [0.25, 0.3) is 17.1 Å². The van der Waals surface area contributed by atoms with Gasteiger partial charge in [0.2, 0.25) is 0 Å². The summed E-state index contributed by atoms with van der Waals surface area (Å²) in [6.07, 6.45) is 0. The molecular formula is C14H11ClFN5. The molecule has 1 heterocycles. The summed E-state index contributed by atoms with van der Waals surface area (Å²) >= 11 is 6.07. The summed E-state index contributed by atoms with van der Waals surface area (Å²) in [5.41, 5.74) is 8.69. The average molecular weight is 304 g/mol. The summed E-state index contributed by atoms with van der Waals surface area (Å²) in [5.74, 6) is 0.0758. The van der Waals surface area contributed by atoms with Crippen LogP contribution in [0.15, 0.2) is 36.4 Å². The first-order valence-corrected chi connectivity index (χ1v) is 6.54. The minimum atomic E-state index is -0.418. The lowest BCUT2D eigenvalue weighted by atomic mass is 10.1. The third kappa shape index (κ3) is 2.45. The number of aromatic nitrogens is 4. The molecule has 0 atom stereocenters. The third-order valence-corrected chi connectivity index (χ3v) is 3.41. The monoisotopic (exact) mass is 303 g/mol. The number of aryl methyl sites for hydroxylation is 1. The second-order valence-electron chi connectivity index (χ2n) is 4.58. The quantitative estimate of drug-likeness (QED) is 0.739. The van der Waals surface area contributed by atoms with E-state index < -0.39 is 5.82 Å². The van der Waals surface area contributed by atoms with Crippen LogP contribution in [0.2, 0.25) is 5.02 Å². The highest BCUT2D eigenvalue weighted by molar-refractivity contribution is 6.32. The number of anilines is 1. The van der Waals surface area contributed by atoms with Crippen LogP contribution in [0, 0.1) is 12.7 Å². The number of tetrazole rings is 1. The van der Waals surface area contributed by atoms with Crippen molar-refractivity contribution in [3.63, 3.8) is 0 Å². The lowest BCUT2D eigenvalue weighted by Crippen LogP contribution is -2.02. The van der Waals surface area contributed by atoms with Crippen LogP contribution in [0.1, 0.15) is 5.56 Å². The molecule has 0 fully saturated rings. The van der Waals surface area contributed by atoms with Crippen LogP contribution in [0.5, 0.6) is 0 Å². The molecule has 3 aromatic rings. The molecule has 5 nitrogen and oxygen atoms in total. The first-order valence-electron chi connectivity index (χ1n) is 6.16. The van der Waals surface area contributed by atoms with Crippen LogP contribution in [-0.4, -0.2) is 20.2 Å². The van der Waals surface area contributed by atoms with Gasteiger partial charge in [-0.15, -0.1) is 5.10 Å². The van der Waals surface area contributed by atoms with Gasteiger partial charge < -0.3 is 5.73 Å². The molecule has 0 saturated carbocycles. The highest BCUT2D eigenvalue weighted by atomic mass is 35.5. The first-order chi connectivity index (χ1) is 10.1. The largest absolute Gasteiger partial charge is 0.399 e. The predicted molar refractivity (Wildman–Crippen MR) is 78.7 cm³/mol. The fourth-order valence-corrected chi connectivity index (χ4v) is 2.30. The molecule has 1 aromatic heterocycles. The molecule has 21 heavy (non-hydrogen) atoms. The van der Waals surface area contributed by atoms with Gasteiger partial charge in [0.25, 0.3) is 0 Å². The molecule has 2 N–H and O–H groups in total. The molecule has 0 radical (unpaired) electrons. The highest BCUT2D eigenvalue weighted by Crippen LogP contribution is 2.28. The van der Waals surface area contributed by atoms with Crippen LogP contribution >= 0.6 is 11.6 Å². The Labute approximate surface area is 125 Å². The van der Waals surface area contributed by atoms with E-state index in [9.17, 15) is 4.39 Å². The van der Waals surface area contributed by atoms with Crippen LogP contribution in [0.4, 0.5) is 10.1 Å². The van der Waals surface area contributed by atoms with Crippen molar-refractivity contribution < 1.29 is 4.39 Å². The lowest BCUT2D eigenvalue weighted by Gasteiger charge is -2.09. The number of hydrogen-bond acceptors (Lipinski definition) is 4. The molecule has 0 aliphatic heterocycles. The summed E-state index contributed by atoms with van der Waals surface area (Å²) < 4.78 is 14.6. The maximum atomic E-state index is 13.2. The SMILES string of the molecule is Cc1ccc(N)cc1-c1nnnn1-c1ccc(F)cc1Cl. The fourth-order valence-electron chi connectivity index (χ4n) is 2.05. The average Bonchev–Trinajstić information content (AvgIpc) is 2.90. The van der Waals surface area contributed by atoms with E-state index in [4.69, 9.17) is 17.3 Å². The smallest absolute Gasteiger partial charge is 0.187 e. The van der Waals surface area contributed by atoms with Crippen molar-refractivity contribution in [3.05, 3.63) is 52.8 Å². The summed E-state index contributed by atoms with van der Waals surface area (Å²) in [6, 6.07) is 9.52. The van der Waals surface area contributed by atoms with Gasteiger partial charge in [-0.3, -0.25) is 0 Å². The number of nitrogens with two attached hydrogens (primary N) is 1. The maximum Gasteiger partial charge on any atom is 0.187 e. The molecule has 2 aromatic carbocycles. The van der Waals surface area contributed by atoms with Gasteiger partial charge in [-0.1, -0.05) is 17.7 Å². The van der Waals surface area contributed by atoms with Crippen molar-refractivity contribution in [3.8, 4) is 17.1 Å². The number of nitrogens with zero attached hydrogens (tertiary/aromatic N) is 4. The number of rotatable bonds is 2. The standard InChI is InChI=1S/C14H11ClFN5/c1-8-2-4-10(17)7-11(8)14-18-19-20-21(14)13-5-3-9(16)6-12(13)15/h2-7H,17H2,1H3. The summed E-state index contributed by atoms with van der Waals surface area (Å²) in [4.78, 5) is 0. The first kappa shape index (κ1) is 13.5. The van der Waals surface area contributed by atoms with E-state index in [-0.39, 0.29) is 5.02 Å². The fraction of sp³-hybridized carbons (Fsp3) is 0.0714. The molecule has 0 aliphatic carbocycles. The zero-order chi connectivity index (χ0) is 15.0. The Balaban J connectivity index is 2.19. The van der Waals surface area contributed by atoms with Crippen molar-refractivity contribution in [1.82, 2.24) is 20.2 Å². The molecule has 0 aliphatic rings. The Morgan fingerprint density at radius 2 is 2.00 bits per heavy atom. The van der Waals surface area contributed by atoms with E-state index in [1.54, 1.807) is 12.1 Å². The second kappa shape index (κ2) is 5.14. The van der Waals surface area contributed by atoms with Crippen LogP contribution in [0.3, 0.4) is 0 Å². The van der Waals surface area contributed by atoms with Crippen molar-refractivity contribution in [2.24, 2.45) is 0 Å². The second-order valence-corrected chi connectivity index (χ2v) is 4.99. The van der Waals surface area contributed by atoms with Gasteiger partial charge in [-0.2, -0.15) is 4.68 Å². The van der Waals surface area contributed by atoms with E-state index >= 15 is 0 Å². The Kier molecular flexibility index (Phi) is 3.31. The summed E-state index contributed by atoms with van der Waals surface area (Å²) in [5, 5.41) is 11.9. The molecule has 0 spiro atoms. The molecule has 0 unspecified atom stereocenters. The van der Waals surface area contributed by atoms with Crippen LogP contribution < -0.4 is 5.73 Å². The van der Waals surface area contributed by atoms with E-state index in [0.29, 0.717) is 17.2 Å². The van der Waals surface area contributed by atoms with Crippen molar-refractivity contribution in [1.29, 1.82) is 0 Å². The topological polar surface area (TPSA) is 69.6 Å². The van der Waals surface area contributed by atoms with Gasteiger partial charge in [0, 0.05) is 11.3 Å². The van der Waals surface area contributed by atoms with Crippen molar-refractivity contribution in [2.75, 3.05) is 5.73 Å². The third-order valence-electron chi connectivity index (χ3n) is 3.11.